The van der Waals surface area contributed by atoms with Crippen molar-refractivity contribution in [3.8, 4) is 57.5 Å². The van der Waals surface area contributed by atoms with Gasteiger partial charge < -0.3 is 65.8 Å². The molecule has 6 rings (SSSR count). The fraction of sp³-hybridized carbons (Fsp3) is 0.472. The number of hydrogen-bond acceptors (Lipinski definition) is 14. The van der Waals surface area contributed by atoms with E-state index in [2.05, 4.69) is 32.3 Å². The molecule has 0 radical (unpaired) electrons. The molecule has 374 valence electrons. The molecule has 2 heterocycles. The number of ether oxygens (including phenoxy) is 12. The quantitative estimate of drug-likeness (QED) is 0.0318. The van der Waals surface area contributed by atoms with Crippen LogP contribution in [0.4, 0.5) is 0 Å². The van der Waals surface area contributed by atoms with Gasteiger partial charge in [0.15, 0.2) is 46.0 Å². The number of carbonyl (C=O) groups excluding carboxylic acids is 2. The molecule has 4 unspecified atom stereocenters. The maximum absolute atomic E-state index is 12.9. The summed E-state index contributed by atoms with van der Waals surface area (Å²) in [5.74, 6) is 4.75. The zero-order valence-electron chi connectivity index (χ0n) is 42.3. The fourth-order valence-corrected chi connectivity index (χ4v) is 10.2. The van der Waals surface area contributed by atoms with Gasteiger partial charge in [-0.05, 0) is 65.2 Å². The molecule has 4 atom stereocenters. The van der Waals surface area contributed by atoms with E-state index >= 15 is 0 Å². The van der Waals surface area contributed by atoms with Crippen LogP contribution in [0.25, 0.3) is 0 Å². The molecule has 0 aromatic heterocycles. The van der Waals surface area contributed by atoms with E-state index in [1.165, 1.54) is 5.56 Å². The first-order valence-electron chi connectivity index (χ1n) is 23.1. The van der Waals surface area contributed by atoms with Gasteiger partial charge in [0.25, 0.3) is 0 Å². The number of nitrogens with zero attached hydrogens (tertiary/aromatic N) is 2. The SMILES string of the molecule is COc1ccc(C2c3cc(OC)c(OC)cc3CC[N+]2(C)CCCOC(=O)C=CC(=O)OCCC[N+]2(C)CCc3cc(OC)c(OC)c(OC)c3C2Cc2cc(OC)c(OC)c(OC)c2)cc1OC. The topological polar surface area (TPSA) is 145 Å². The van der Waals surface area contributed by atoms with E-state index < -0.39 is 11.9 Å². The van der Waals surface area contributed by atoms with Gasteiger partial charge in [-0.25, -0.2) is 9.59 Å². The molecule has 0 amide bonds. The molecule has 0 bridgehead atoms. The van der Waals surface area contributed by atoms with Crippen molar-refractivity contribution in [3.63, 3.8) is 0 Å². The number of benzene rings is 4. The summed E-state index contributed by atoms with van der Waals surface area (Å²) in [7, 11) is 20.6. The molecule has 4 aromatic carbocycles. The van der Waals surface area contributed by atoms with Crippen molar-refractivity contribution in [1.82, 2.24) is 0 Å². The highest BCUT2D eigenvalue weighted by Crippen LogP contribution is 2.51. The van der Waals surface area contributed by atoms with E-state index in [-0.39, 0.29) is 25.3 Å². The van der Waals surface area contributed by atoms with E-state index in [4.69, 9.17) is 56.8 Å². The average Bonchev–Trinajstić information content (AvgIpc) is 3.37. The lowest BCUT2D eigenvalue weighted by Gasteiger charge is -2.46. The Morgan fingerprint density at radius 3 is 1.55 bits per heavy atom. The van der Waals surface area contributed by atoms with Crippen LogP contribution >= 0.6 is 0 Å². The second-order valence-corrected chi connectivity index (χ2v) is 17.6. The normalized spacial score (nSPS) is 19.4. The van der Waals surface area contributed by atoms with Crippen LogP contribution in [-0.4, -0.2) is 145 Å². The summed E-state index contributed by atoms with van der Waals surface area (Å²) in [6.45, 7) is 3.32. The molecule has 16 nitrogen and oxygen atoms in total. The molecule has 2 aliphatic heterocycles. The minimum atomic E-state index is -0.624. The van der Waals surface area contributed by atoms with Gasteiger partial charge in [0.2, 0.25) is 11.5 Å². The molecule has 0 spiro atoms. The molecule has 0 fully saturated rings. The minimum absolute atomic E-state index is 0.0860. The highest BCUT2D eigenvalue weighted by molar-refractivity contribution is 5.91. The molecule has 0 saturated carbocycles. The number of quaternary nitrogens is 2. The molecule has 0 saturated heterocycles. The van der Waals surface area contributed by atoms with Crippen LogP contribution in [-0.2, 0) is 38.3 Å². The van der Waals surface area contributed by atoms with Crippen LogP contribution < -0.4 is 47.4 Å². The van der Waals surface area contributed by atoms with Crippen LogP contribution in [0.15, 0.2) is 60.7 Å². The zero-order valence-corrected chi connectivity index (χ0v) is 42.3. The number of fused-ring (bicyclic) bond motifs is 2. The summed E-state index contributed by atoms with van der Waals surface area (Å²) in [5, 5.41) is 0. The van der Waals surface area contributed by atoms with Gasteiger partial charge in [-0.2, -0.15) is 0 Å². The van der Waals surface area contributed by atoms with Crippen LogP contribution in [0.1, 0.15) is 58.3 Å². The molecule has 2 aliphatic rings. The third-order valence-corrected chi connectivity index (χ3v) is 13.7. The van der Waals surface area contributed by atoms with Crippen LogP contribution in [0, 0.1) is 0 Å². The Labute approximate surface area is 406 Å². The van der Waals surface area contributed by atoms with Crippen molar-refractivity contribution in [2.45, 2.75) is 44.2 Å². The third-order valence-electron chi connectivity index (χ3n) is 13.7. The Kier molecular flexibility index (Phi) is 17.4. The van der Waals surface area contributed by atoms with Crippen molar-refractivity contribution in [2.75, 3.05) is 125 Å². The third kappa shape index (κ3) is 11.2. The fourth-order valence-electron chi connectivity index (χ4n) is 10.2. The van der Waals surface area contributed by atoms with Crippen molar-refractivity contribution in [3.05, 3.63) is 94.1 Å². The second kappa shape index (κ2) is 23.2. The van der Waals surface area contributed by atoms with Crippen LogP contribution in [0.2, 0.25) is 0 Å². The maximum atomic E-state index is 12.9. The van der Waals surface area contributed by atoms with E-state index in [1.807, 2.05) is 30.3 Å². The van der Waals surface area contributed by atoms with Gasteiger partial charge in [0, 0.05) is 55.4 Å². The first-order chi connectivity index (χ1) is 33.3. The monoisotopic (exact) mass is 958 g/mol. The first-order valence-corrected chi connectivity index (χ1v) is 23.1. The number of rotatable bonds is 23. The summed E-state index contributed by atoms with van der Waals surface area (Å²) in [6, 6.07) is 15.9. The highest BCUT2D eigenvalue weighted by atomic mass is 16.6. The molecule has 0 N–H and O–H groups in total. The lowest BCUT2D eigenvalue weighted by atomic mass is 9.85. The largest absolute Gasteiger partial charge is 0.493 e. The lowest BCUT2D eigenvalue weighted by molar-refractivity contribution is -0.941. The summed E-state index contributed by atoms with van der Waals surface area (Å²) >= 11 is 0. The van der Waals surface area contributed by atoms with Gasteiger partial charge in [-0.1, -0.05) is 0 Å². The summed E-state index contributed by atoms with van der Waals surface area (Å²) < 4.78 is 69.8. The standard InChI is InChI=1S/C53H70N2O14/c1-54(23-20-36-31-46(64-9)52(66-11)53(67-12)49(36)39(54)27-34-28-44(62-7)51(65-10)45(29-34)63-8)21-13-25-68-47(56)17-18-48(57)69-26-14-22-55(2)24-19-35-30-42(60-5)43(61-6)33-38(35)50(55)37-15-16-40(58-3)41(32-37)59-4/h15-18,28-33,39,50H,13-14,19-27H2,1-12H3/q+2. The number of likely N-dealkylation sites (N-methyl/N-ethyl adjacent to an activating group) is 2. The predicted octanol–water partition coefficient (Wildman–Crippen LogP) is 7.27. The van der Waals surface area contributed by atoms with E-state index in [1.54, 1.807) is 71.1 Å². The Balaban J connectivity index is 1.09. The highest BCUT2D eigenvalue weighted by Gasteiger charge is 2.44. The summed E-state index contributed by atoms with van der Waals surface area (Å²) in [4.78, 5) is 25.8. The molecule has 0 aliphatic carbocycles. The van der Waals surface area contributed by atoms with Crippen LogP contribution in [0.5, 0.6) is 57.5 Å². The van der Waals surface area contributed by atoms with E-state index in [9.17, 15) is 9.59 Å². The maximum Gasteiger partial charge on any atom is 0.331 e. The smallest absolute Gasteiger partial charge is 0.331 e. The van der Waals surface area contributed by atoms with E-state index in [0.29, 0.717) is 98.8 Å². The van der Waals surface area contributed by atoms with Crippen molar-refractivity contribution >= 4 is 11.9 Å². The molecule has 69 heavy (non-hydrogen) atoms. The van der Waals surface area contributed by atoms with Gasteiger partial charge in [0.1, 0.15) is 12.1 Å². The average molecular weight is 959 g/mol. The summed E-state index contributed by atoms with van der Waals surface area (Å²) in [5.41, 5.74) is 6.46. The number of hydrogen-bond donors (Lipinski definition) is 0. The van der Waals surface area contributed by atoms with Crippen molar-refractivity contribution in [2.24, 2.45) is 0 Å². The number of esters is 2. The summed E-state index contributed by atoms with van der Waals surface area (Å²) in [6.07, 6.45) is 5.56. The predicted molar refractivity (Wildman–Crippen MR) is 259 cm³/mol. The Morgan fingerprint density at radius 2 is 1.00 bits per heavy atom. The van der Waals surface area contributed by atoms with Crippen molar-refractivity contribution < 1.29 is 75.4 Å². The van der Waals surface area contributed by atoms with Gasteiger partial charge in [0.05, 0.1) is 130 Å². The van der Waals surface area contributed by atoms with Gasteiger partial charge in [-0.15, -0.1) is 0 Å². The zero-order chi connectivity index (χ0) is 49.9. The van der Waals surface area contributed by atoms with Gasteiger partial charge >= 0.3 is 11.9 Å². The number of methoxy groups -OCH3 is 10. The molecular weight excluding hydrogens is 889 g/mol. The van der Waals surface area contributed by atoms with Gasteiger partial charge in [-0.3, -0.25) is 0 Å². The Morgan fingerprint density at radius 1 is 0.522 bits per heavy atom. The second-order valence-electron chi connectivity index (χ2n) is 17.6. The van der Waals surface area contributed by atoms with Crippen LogP contribution in [0.3, 0.4) is 0 Å². The number of carbonyl (C=O) groups is 2. The Hall–Kier alpha value is -6.52. The molecule has 4 aromatic rings. The molecule has 16 heteroatoms. The van der Waals surface area contributed by atoms with E-state index in [0.717, 1.165) is 65.9 Å². The Bertz CT molecular complexity index is 2450. The molecular formula is C53H70N2O14+2. The lowest BCUT2D eigenvalue weighted by Crippen LogP contribution is -2.52. The first kappa shape index (κ1) is 51.9. The van der Waals surface area contributed by atoms with Crippen molar-refractivity contribution in [1.29, 1.82) is 0 Å². The minimum Gasteiger partial charge on any atom is -0.493 e.